The van der Waals surface area contributed by atoms with Gasteiger partial charge in [-0.15, -0.1) is 0 Å². The predicted octanol–water partition coefficient (Wildman–Crippen LogP) is 2.22. The molecule has 1 aliphatic rings. The van der Waals surface area contributed by atoms with Gasteiger partial charge in [-0.25, -0.2) is 13.1 Å². The number of nitrogens with zero attached hydrogens (tertiary/aromatic N) is 1. The molecule has 2 aromatic carbocycles. The summed E-state index contributed by atoms with van der Waals surface area (Å²) in [4.78, 5) is 14.5. The summed E-state index contributed by atoms with van der Waals surface area (Å²) in [5, 5.41) is 0. The fraction of sp³-hybridized carbons (Fsp3) is 0.318. The van der Waals surface area contributed by atoms with Crippen molar-refractivity contribution < 1.29 is 27.4 Å². The van der Waals surface area contributed by atoms with E-state index in [0.717, 1.165) is 11.1 Å². The number of amides is 1. The molecular weight excluding hydrogens is 420 g/mol. The van der Waals surface area contributed by atoms with E-state index in [9.17, 15) is 13.2 Å². The first-order chi connectivity index (χ1) is 14.8. The monoisotopic (exact) mass is 446 g/mol. The van der Waals surface area contributed by atoms with E-state index < -0.39 is 10.0 Å². The van der Waals surface area contributed by atoms with E-state index in [1.54, 1.807) is 37.3 Å². The van der Waals surface area contributed by atoms with Crippen LogP contribution in [0.5, 0.6) is 17.2 Å². The average molecular weight is 447 g/mol. The average Bonchev–Trinajstić information content (AvgIpc) is 2.80. The number of methoxy groups -OCH3 is 3. The highest BCUT2D eigenvalue weighted by Crippen LogP contribution is 2.33. The fourth-order valence-electron chi connectivity index (χ4n) is 3.46. The van der Waals surface area contributed by atoms with Crippen LogP contribution in [0.15, 0.2) is 41.3 Å². The SMILES string of the molecule is CNS(=O)(=O)c1cc(/C=C/C(=O)N2CCc3cc(OC)c(OC)cc3C2)ccc1OC. The molecule has 0 aliphatic carbocycles. The Bertz CT molecular complexity index is 1110. The highest BCUT2D eigenvalue weighted by Gasteiger charge is 2.22. The maximum absolute atomic E-state index is 12.7. The lowest BCUT2D eigenvalue weighted by Gasteiger charge is -2.28. The second-order valence-electron chi connectivity index (χ2n) is 6.94. The van der Waals surface area contributed by atoms with Crippen LogP contribution in [0.1, 0.15) is 16.7 Å². The molecule has 0 saturated carbocycles. The van der Waals surface area contributed by atoms with Crippen LogP contribution in [0.25, 0.3) is 6.08 Å². The minimum absolute atomic E-state index is 0.0139. The summed E-state index contributed by atoms with van der Waals surface area (Å²) in [6.07, 6.45) is 3.76. The second-order valence-corrected chi connectivity index (χ2v) is 8.79. The number of fused-ring (bicyclic) bond motifs is 1. The fourth-order valence-corrected chi connectivity index (χ4v) is 4.39. The Balaban J connectivity index is 1.79. The Kier molecular flexibility index (Phi) is 6.87. The number of carbonyl (C=O) groups is 1. The number of hydrogen-bond acceptors (Lipinski definition) is 6. The number of benzene rings is 2. The van der Waals surface area contributed by atoms with E-state index in [2.05, 4.69) is 4.72 Å². The first-order valence-electron chi connectivity index (χ1n) is 9.65. The van der Waals surface area contributed by atoms with Crippen LogP contribution in [0.2, 0.25) is 0 Å². The maximum Gasteiger partial charge on any atom is 0.246 e. The van der Waals surface area contributed by atoms with E-state index in [0.29, 0.717) is 36.6 Å². The summed E-state index contributed by atoms with van der Waals surface area (Å²) >= 11 is 0. The van der Waals surface area contributed by atoms with Crippen molar-refractivity contribution in [1.29, 1.82) is 0 Å². The predicted molar refractivity (Wildman–Crippen MR) is 117 cm³/mol. The number of rotatable bonds is 7. The van der Waals surface area contributed by atoms with Gasteiger partial charge in [0.1, 0.15) is 10.6 Å². The molecule has 0 bridgehead atoms. The van der Waals surface area contributed by atoms with E-state index in [-0.39, 0.29) is 16.6 Å². The molecule has 3 rings (SSSR count). The molecule has 1 N–H and O–H groups in total. The van der Waals surface area contributed by atoms with Gasteiger partial charge < -0.3 is 19.1 Å². The molecule has 9 heteroatoms. The lowest BCUT2D eigenvalue weighted by Crippen LogP contribution is -2.34. The lowest BCUT2D eigenvalue weighted by molar-refractivity contribution is -0.126. The number of carbonyl (C=O) groups excluding carboxylic acids is 1. The number of hydrogen-bond donors (Lipinski definition) is 1. The summed E-state index contributed by atoms with van der Waals surface area (Å²) in [6, 6.07) is 8.57. The van der Waals surface area contributed by atoms with Gasteiger partial charge in [0.25, 0.3) is 0 Å². The van der Waals surface area contributed by atoms with Crippen molar-refractivity contribution in [3.05, 3.63) is 53.1 Å². The minimum Gasteiger partial charge on any atom is -0.495 e. The zero-order valence-electron chi connectivity index (χ0n) is 18.0. The Hall–Kier alpha value is -3.04. The van der Waals surface area contributed by atoms with Crippen molar-refractivity contribution in [3.8, 4) is 17.2 Å². The van der Waals surface area contributed by atoms with Gasteiger partial charge in [-0.05, 0) is 60.5 Å². The quantitative estimate of drug-likeness (QED) is 0.656. The van der Waals surface area contributed by atoms with Crippen molar-refractivity contribution >= 4 is 22.0 Å². The molecule has 0 atom stereocenters. The van der Waals surface area contributed by atoms with Crippen LogP contribution < -0.4 is 18.9 Å². The Morgan fingerprint density at radius 1 is 1.00 bits per heavy atom. The molecular formula is C22H26N2O6S. The summed E-state index contributed by atoms with van der Waals surface area (Å²) < 4.78 is 42.6. The summed E-state index contributed by atoms with van der Waals surface area (Å²) in [7, 11) is 2.22. The van der Waals surface area contributed by atoms with Crippen LogP contribution in [0.4, 0.5) is 0 Å². The molecule has 1 amide bonds. The van der Waals surface area contributed by atoms with E-state index in [4.69, 9.17) is 14.2 Å². The third-order valence-electron chi connectivity index (χ3n) is 5.19. The van der Waals surface area contributed by atoms with Crippen LogP contribution in [-0.2, 0) is 27.8 Å². The summed E-state index contributed by atoms with van der Waals surface area (Å²) in [6.45, 7) is 1.04. The second kappa shape index (κ2) is 9.40. The lowest BCUT2D eigenvalue weighted by atomic mass is 9.98. The smallest absolute Gasteiger partial charge is 0.246 e. The Morgan fingerprint density at radius 2 is 1.65 bits per heavy atom. The number of ether oxygens (including phenoxy) is 3. The molecule has 31 heavy (non-hydrogen) atoms. The van der Waals surface area contributed by atoms with Crippen molar-refractivity contribution in [2.75, 3.05) is 34.9 Å². The van der Waals surface area contributed by atoms with Crippen molar-refractivity contribution in [2.45, 2.75) is 17.9 Å². The summed E-state index contributed by atoms with van der Waals surface area (Å²) in [5.74, 6) is 1.37. The van der Waals surface area contributed by atoms with Crippen molar-refractivity contribution in [1.82, 2.24) is 9.62 Å². The molecule has 0 aromatic heterocycles. The number of nitrogens with one attached hydrogen (secondary N) is 1. The zero-order chi connectivity index (χ0) is 22.6. The first-order valence-corrected chi connectivity index (χ1v) is 11.1. The largest absolute Gasteiger partial charge is 0.495 e. The van der Waals surface area contributed by atoms with Gasteiger partial charge in [-0.2, -0.15) is 0 Å². The Morgan fingerprint density at radius 3 is 2.26 bits per heavy atom. The highest BCUT2D eigenvalue weighted by molar-refractivity contribution is 7.89. The molecule has 8 nitrogen and oxygen atoms in total. The molecule has 1 aliphatic heterocycles. The Labute approximate surface area is 182 Å². The molecule has 0 radical (unpaired) electrons. The normalized spacial score (nSPS) is 13.7. The third kappa shape index (κ3) is 4.83. The van der Waals surface area contributed by atoms with Crippen LogP contribution >= 0.6 is 0 Å². The number of sulfonamides is 1. The van der Waals surface area contributed by atoms with Gasteiger partial charge >= 0.3 is 0 Å². The van der Waals surface area contributed by atoms with Gasteiger partial charge in [-0.1, -0.05) is 6.07 Å². The molecule has 2 aromatic rings. The zero-order valence-corrected chi connectivity index (χ0v) is 18.8. The molecule has 0 saturated heterocycles. The van der Waals surface area contributed by atoms with Gasteiger partial charge in [-0.3, -0.25) is 4.79 Å². The van der Waals surface area contributed by atoms with Crippen molar-refractivity contribution in [2.24, 2.45) is 0 Å². The molecule has 0 unspecified atom stereocenters. The third-order valence-corrected chi connectivity index (χ3v) is 6.63. The summed E-state index contributed by atoms with van der Waals surface area (Å²) in [5.41, 5.74) is 2.71. The maximum atomic E-state index is 12.7. The van der Waals surface area contributed by atoms with Crippen LogP contribution in [-0.4, -0.2) is 54.1 Å². The standard InChI is InChI=1S/C22H26N2O6S/c1-23-31(26,27)21-11-15(5-7-18(21)28-2)6-8-22(25)24-10-9-16-12-19(29-3)20(30-4)13-17(16)14-24/h5-8,11-13,23H,9-10,14H2,1-4H3/b8-6+. The molecule has 166 valence electrons. The van der Waals surface area contributed by atoms with Crippen LogP contribution in [0.3, 0.4) is 0 Å². The van der Waals surface area contributed by atoms with Crippen molar-refractivity contribution in [3.63, 3.8) is 0 Å². The van der Waals surface area contributed by atoms with Gasteiger partial charge in [0.2, 0.25) is 15.9 Å². The van der Waals surface area contributed by atoms with E-state index in [1.807, 2.05) is 12.1 Å². The molecule has 0 spiro atoms. The van der Waals surface area contributed by atoms with E-state index in [1.165, 1.54) is 26.3 Å². The minimum atomic E-state index is -3.69. The molecule has 0 fully saturated rings. The molecule has 1 heterocycles. The van der Waals surface area contributed by atoms with E-state index >= 15 is 0 Å². The van der Waals surface area contributed by atoms with Gasteiger partial charge in [0.05, 0.1) is 21.3 Å². The topological polar surface area (TPSA) is 94.2 Å². The van der Waals surface area contributed by atoms with Gasteiger partial charge in [0, 0.05) is 19.2 Å². The van der Waals surface area contributed by atoms with Crippen LogP contribution in [0, 0.1) is 0 Å². The van der Waals surface area contributed by atoms with Gasteiger partial charge in [0.15, 0.2) is 11.5 Å². The first kappa shape index (κ1) is 22.6. The highest BCUT2D eigenvalue weighted by atomic mass is 32.2.